The molecular weight excluding hydrogens is 207 g/mol. The number of benzene rings is 1. The molecule has 1 aromatic carbocycles. The summed E-state index contributed by atoms with van der Waals surface area (Å²) in [6, 6.07) is 12.8. The lowest BCUT2D eigenvalue weighted by atomic mass is 10.2. The largest absolute Gasteiger partial charge is 0.439 e. The Bertz CT molecular complexity index is 531. The summed E-state index contributed by atoms with van der Waals surface area (Å²) in [5.74, 6) is 0.105. The third-order valence-electron chi connectivity index (χ3n) is 1.90. The second kappa shape index (κ2) is 4.41. The highest BCUT2D eigenvalue weighted by molar-refractivity contribution is 5.36. The Morgan fingerprint density at radius 1 is 1.12 bits per heavy atom. The van der Waals surface area contributed by atoms with Crippen molar-refractivity contribution in [2.75, 3.05) is 0 Å². The molecule has 3 nitrogen and oxygen atoms in total. The van der Waals surface area contributed by atoms with Gasteiger partial charge in [-0.1, -0.05) is 6.07 Å². The highest BCUT2D eigenvalue weighted by atomic mass is 19.1. The van der Waals surface area contributed by atoms with Gasteiger partial charge in [0.05, 0.1) is 11.6 Å². The second-order valence-electron chi connectivity index (χ2n) is 3.04. The first-order valence-corrected chi connectivity index (χ1v) is 4.58. The van der Waals surface area contributed by atoms with Crippen molar-refractivity contribution in [3.8, 4) is 17.7 Å². The van der Waals surface area contributed by atoms with Crippen molar-refractivity contribution in [2.24, 2.45) is 0 Å². The van der Waals surface area contributed by atoms with Gasteiger partial charge < -0.3 is 4.74 Å². The van der Waals surface area contributed by atoms with Crippen LogP contribution in [0.25, 0.3) is 0 Å². The van der Waals surface area contributed by atoms with E-state index < -0.39 is 5.95 Å². The highest BCUT2D eigenvalue weighted by Gasteiger charge is 2.00. The van der Waals surface area contributed by atoms with Crippen LogP contribution in [0.5, 0.6) is 11.6 Å². The van der Waals surface area contributed by atoms with Gasteiger partial charge in [0.1, 0.15) is 5.75 Å². The van der Waals surface area contributed by atoms with E-state index in [0.717, 1.165) is 0 Å². The van der Waals surface area contributed by atoms with Gasteiger partial charge in [-0.3, -0.25) is 0 Å². The van der Waals surface area contributed by atoms with Gasteiger partial charge >= 0.3 is 0 Å². The number of pyridine rings is 1. The molecule has 78 valence electrons. The molecule has 2 rings (SSSR count). The van der Waals surface area contributed by atoms with Crippen LogP contribution in [0.2, 0.25) is 0 Å². The molecule has 2 aromatic rings. The van der Waals surface area contributed by atoms with Gasteiger partial charge in [0.15, 0.2) is 0 Å². The van der Waals surface area contributed by atoms with E-state index in [2.05, 4.69) is 4.98 Å². The lowest BCUT2D eigenvalue weighted by Gasteiger charge is -2.03. The van der Waals surface area contributed by atoms with Crippen LogP contribution in [0.1, 0.15) is 5.56 Å². The summed E-state index contributed by atoms with van der Waals surface area (Å²) in [5, 5.41) is 8.60. The Hall–Kier alpha value is -2.41. The van der Waals surface area contributed by atoms with Crippen LogP contribution < -0.4 is 4.74 Å². The van der Waals surface area contributed by atoms with E-state index in [4.69, 9.17) is 10.00 Å². The van der Waals surface area contributed by atoms with Gasteiger partial charge in [-0.2, -0.15) is 14.6 Å². The molecule has 0 fully saturated rings. The molecule has 0 aliphatic rings. The molecule has 4 heteroatoms. The SMILES string of the molecule is N#Cc1ccc(Oc2cccc(F)n2)cc1. The van der Waals surface area contributed by atoms with Gasteiger partial charge in [0.25, 0.3) is 0 Å². The monoisotopic (exact) mass is 214 g/mol. The molecule has 16 heavy (non-hydrogen) atoms. The zero-order valence-electron chi connectivity index (χ0n) is 8.22. The van der Waals surface area contributed by atoms with Crippen LogP contribution >= 0.6 is 0 Å². The van der Waals surface area contributed by atoms with Crippen molar-refractivity contribution in [3.05, 3.63) is 54.0 Å². The number of nitriles is 1. The van der Waals surface area contributed by atoms with E-state index in [9.17, 15) is 4.39 Å². The first-order chi connectivity index (χ1) is 7.78. The molecule has 0 N–H and O–H groups in total. The van der Waals surface area contributed by atoms with E-state index in [1.807, 2.05) is 6.07 Å². The van der Waals surface area contributed by atoms with E-state index in [1.54, 1.807) is 30.3 Å². The molecule has 0 atom stereocenters. The Morgan fingerprint density at radius 3 is 2.50 bits per heavy atom. The van der Waals surface area contributed by atoms with Gasteiger partial charge in [0, 0.05) is 6.07 Å². The summed E-state index contributed by atoms with van der Waals surface area (Å²) in [4.78, 5) is 3.56. The zero-order valence-corrected chi connectivity index (χ0v) is 8.22. The molecule has 1 heterocycles. The van der Waals surface area contributed by atoms with E-state index in [1.165, 1.54) is 12.1 Å². The van der Waals surface area contributed by atoms with Crippen molar-refractivity contribution >= 4 is 0 Å². The van der Waals surface area contributed by atoms with Gasteiger partial charge in [-0.05, 0) is 30.3 Å². The number of hydrogen-bond donors (Lipinski definition) is 0. The summed E-state index contributed by atoms with van der Waals surface area (Å²) in [7, 11) is 0. The predicted octanol–water partition coefficient (Wildman–Crippen LogP) is 2.88. The minimum Gasteiger partial charge on any atom is -0.439 e. The van der Waals surface area contributed by atoms with E-state index in [-0.39, 0.29) is 5.88 Å². The zero-order chi connectivity index (χ0) is 11.4. The third-order valence-corrected chi connectivity index (χ3v) is 1.90. The Morgan fingerprint density at radius 2 is 1.88 bits per heavy atom. The maximum absolute atomic E-state index is 12.8. The molecule has 0 aliphatic carbocycles. The predicted molar refractivity (Wildman–Crippen MR) is 55.4 cm³/mol. The van der Waals surface area contributed by atoms with Crippen molar-refractivity contribution < 1.29 is 9.13 Å². The van der Waals surface area contributed by atoms with Crippen LogP contribution in [0.15, 0.2) is 42.5 Å². The van der Waals surface area contributed by atoms with Gasteiger partial charge in [0.2, 0.25) is 11.8 Å². The maximum Gasteiger partial charge on any atom is 0.221 e. The molecule has 0 radical (unpaired) electrons. The van der Waals surface area contributed by atoms with Crippen molar-refractivity contribution in [1.82, 2.24) is 4.98 Å². The van der Waals surface area contributed by atoms with Crippen LogP contribution in [0.3, 0.4) is 0 Å². The third kappa shape index (κ3) is 2.34. The van der Waals surface area contributed by atoms with Crippen LogP contribution in [0, 0.1) is 17.3 Å². The topological polar surface area (TPSA) is 45.9 Å². The minimum atomic E-state index is -0.592. The number of aromatic nitrogens is 1. The van der Waals surface area contributed by atoms with Crippen LogP contribution in [-0.2, 0) is 0 Å². The molecule has 0 spiro atoms. The average Bonchev–Trinajstić information content (AvgIpc) is 2.30. The highest BCUT2D eigenvalue weighted by Crippen LogP contribution is 2.19. The standard InChI is InChI=1S/C12H7FN2O/c13-11-2-1-3-12(15-11)16-10-6-4-9(8-14)5-7-10/h1-7H. The van der Waals surface area contributed by atoms with Gasteiger partial charge in [-0.25, -0.2) is 0 Å². The molecule has 0 amide bonds. The lowest BCUT2D eigenvalue weighted by molar-refractivity contribution is 0.445. The van der Waals surface area contributed by atoms with Gasteiger partial charge in [-0.15, -0.1) is 0 Å². The molecule has 0 unspecified atom stereocenters. The molecular formula is C12H7FN2O. The lowest BCUT2D eigenvalue weighted by Crippen LogP contribution is -1.89. The summed E-state index contributed by atoms with van der Waals surface area (Å²) >= 11 is 0. The van der Waals surface area contributed by atoms with E-state index >= 15 is 0 Å². The summed E-state index contributed by atoms with van der Waals surface area (Å²) < 4.78 is 18.1. The number of nitrogens with zero attached hydrogens (tertiary/aromatic N) is 2. The molecule has 0 saturated carbocycles. The second-order valence-corrected chi connectivity index (χ2v) is 3.04. The number of hydrogen-bond acceptors (Lipinski definition) is 3. The summed E-state index contributed by atoms with van der Waals surface area (Å²) in [5.41, 5.74) is 0.541. The normalized spacial score (nSPS) is 9.50. The van der Waals surface area contributed by atoms with Crippen molar-refractivity contribution in [2.45, 2.75) is 0 Å². The minimum absolute atomic E-state index is 0.185. The number of halogens is 1. The first-order valence-electron chi connectivity index (χ1n) is 4.58. The van der Waals surface area contributed by atoms with Crippen LogP contribution in [0.4, 0.5) is 4.39 Å². The van der Waals surface area contributed by atoms with Crippen LogP contribution in [-0.4, -0.2) is 4.98 Å². The summed E-state index contributed by atoms with van der Waals surface area (Å²) in [6.45, 7) is 0. The first kappa shape index (κ1) is 10.1. The number of rotatable bonds is 2. The van der Waals surface area contributed by atoms with Crippen molar-refractivity contribution in [1.29, 1.82) is 5.26 Å². The fourth-order valence-corrected chi connectivity index (χ4v) is 1.16. The smallest absolute Gasteiger partial charge is 0.221 e. The molecule has 0 bridgehead atoms. The molecule has 0 saturated heterocycles. The Balaban J connectivity index is 2.18. The van der Waals surface area contributed by atoms with E-state index in [0.29, 0.717) is 11.3 Å². The Kier molecular flexibility index (Phi) is 2.79. The fourth-order valence-electron chi connectivity index (χ4n) is 1.16. The fraction of sp³-hybridized carbons (Fsp3) is 0. The molecule has 0 aliphatic heterocycles. The quantitative estimate of drug-likeness (QED) is 0.722. The average molecular weight is 214 g/mol. The number of ether oxygens (including phenoxy) is 1. The molecule has 1 aromatic heterocycles. The Labute approximate surface area is 91.7 Å². The van der Waals surface area contributed by atoms with Crippen molar-refractivity contribution in [3.63, 3.8) is 0 Å². The maximum atomic E-state index is 12.8. The summed E-state index contributed by atoms with van der Waals surface area (Å²) in [6.07, 6.45) is 0.